The minimum absolute atomic E-state index is 0.0696. The van der Waals surface area contributed by atoms with Gasteiger partial charge in [-0.2, -0.15) is 5.10 Å². The summed E-state index contributed by atoms with van der Waals surface area (Å²) < 4.78 is 1.73. The lowest BCUT2D eigenvalue weighted by Crippen LogP contribution is -2.33. The summed E-state index contributed by atoms with van der Waals surface area (Å²) in [6.07, 6.45) is 0.839. The summed E-state index contributed by atoms with van der Waals surface area (Å²) in [4.78, 5) is 18.2. The van der Waals surface area contributed by atoms with Crippen molar-refractivity contribution < 1.29 is 4.79 Å². The average molecular weight is 340 g/mol. The first-order valence-electron chi connectivity index (χ1n) is 7.84. The highest BCUT2D eigenvalue weighted by molar-refractivity contribution is 7.09. The number of hydrogen-bond acceptors (Lipinski definition) is 4. The van der Waals surface area contributed by atoms with E-state index in [-0.39, 0.29) is 11.9 Å². The van der Waals surface area contributed by atoms with Gasteiger partial charge in [-0.3, -0.25) is 4.79 Å². The standard InChI is InChI=1S/C18H20N4OS/c1-12(10-16-8-5-9-24-16)19-18(23)15-7-4-6-14(11-15)17-20-13(2)21-22(17)3/h4-9,11-12H,10H2,1-3H3,(H,19,23)/t12-/m0/s1. The number of rotatable bonds is 5. The highest BCUT2D eigenvalue weighted by atomic mass is 32.1. The Hall–Kier alpha value is -2.47. The summed E-state index contributed by atoms with van der Waals surface area (Å²) in [6.45, 7) is 3.87. The average Bonchev–Trinajstić information content (AvgIpc) is 3.16. The summed E-state index contributed by atoms with van der Waals surface area (Å²) in [5.74, 6) is 1.40. The molecular weight excluding hydrogens is 320 g/mol. The van der Waals surface area contributed by atoms with Gasteiger partial charge in [0, 0.05) is 35.5 Å². The summed E-state index contributed by atoms with van der Waals surface area (Å²) in [6, 6.07) is 11.7. The van der Waals surface area contributed by atoms with Crippen LogP contribution in [0.15, 0.2) is 41.8 Å². The van der Waals surface area contributed by atoms with Gasteiger partial charge >= 0.3 is 0 Å². The molecule has 1 N–H and O–H groups in total. The van der Waals surface area contributed by atoms with Crippen molar-refractivity contribution in [3.05, 3.63) is 58.0 Å². The number of nitrogens with zero attached hydrogens (tertiary/aromatic N) is 3. The third-order valence-electron chi connectivity index (χ3n) is 3.72. The van der Waals surface area contributed by atoms with E-state index in [0.29, 0.717) is 11.4 Å². The number of carbonyl (C=O) groups excluding carboxylic acids is 1. The van der Waals surface area contributed by atoms with Crippen LogP contribution < -0.4 is 5.32 Å². The van der Waals surface area contributed by atoms with E-state index in [2.05, 4.69) is 26.8 Å². The minimum atomic E-state index is -0.0696. The Morgan fingerprint density at radius 3 is 2.83 bits per heavy atom. The van der Waals surface area contributed by atoms with E-state index in [4.69, 9.17) is 0 Å². The third-order valence-corrected chi connectivity index (χ3v) is 4.62. The second-order valence-electron chi connectivity index (χ2n) is 5.85. The van der Waals surface area contributed by atoms with E-state index < -0.39 is 0 Å². The van der Waals surface area contributed by atoms with E-state index >= 15 is 0 Å². The van der Waals surface area contributed by atoms with E-state index in [1.54, 1.807) is 16.0 Å². The Balaban J connectivity index is 1.73. The van der Waals surface area contributed by atoms with Crippen molar-refractivity contribution in [1.29, 1.82) is 0 Å². The maximum absolute atomic E-state index is 12.5. The molecule has 2 heterocycles. The second-order valence-corrected chi connectivity index (χ2v) is 6.88. The normalized spacial score (nSPS) is 12.1. The van der Waals surface area contributed by atoms with Crippen LogP contribution in [0.25, 0.3) is 11.4 Å². The highest BCUT2D eigenvalue weighted by Crippen LogP contribution is 2.18. The van der Waals surface area contributed by atoms with Crippen LogP contribution in [-0.4, -0.2) is 26.7 Å². The molecule has 2 aromatic heterocycles. The van der Waals surface area contributed by atoms with Gasteiger partial charge < -0.3 is 5.32 Å². The molecule has 3 aromatic rings. The van der Waals surface area contributed by atoms with Gasteiger partial charge in [0.05, 0.1) is 0 Å². The van der Waals surface area contributed by atoms with Crippen molar-refractivity contribution in [2.45, 2.75) is 26.3 Å². The van der Waals surface area contributed by atoms with Crippen LogP contribution in [0.1, 0.15) is 28.0 Å². The van der Waals surface area contributed by atoms with Crippen molar-refractivity contribution in [2.75, 3.05) is 0 Å². The first kappa shape index (κ1) is 16.4. The molecule has 3 rings (SSSR count). The SMILES string of the molecule is Cc1nc(-c2cccc(C(=O)N[C@@H](C)Cc3cccs3)c2)n(C)n1. The van der Waals surface area contributed by atoms with Gasteiger partial charge in [-0.05, 0) is 37.4 Å². The number of aryl methyl sites for hydroxylation is 2. The van der Waals surface area contributed by atoms with Gasteiger partial charge in [0.25, 0.3) is 5.91 Å². The molecule has 0 aliphatic carbocycles. The molecule has 0 aliphatic rings. The smallest absolute Gasteiger partial charge is 0.251 e. The van der Waals surface area contributed by atoms with Gasteiger partial charge in [0.1, 0.15) is 5.82 Å². The zero-order valence-electron chi connectivity index (χ0n) is 14.0. The molecular formula is C18H20N4OS. The van der Waals surface area contributed by atoms with E-state index in [1.165, 1.54) is 4.88 Å². The number of benzene rings is 1. The number of thiophene rings is 1. The first-order chi connectivity index (χ1) is 11.5. The van der Waals surface area contributed by atoms with E-state index in [1.807, 2.05) is 51.2 Å². The predicted molar refractivity (Wildman–Crippen MR) is 96.1 cm³/mol. The van der Waals surface area contributed by atoms with E-state index in [0.717, 1.165) is 17.8 Å². The van der Waals surface area contributed by atoms with Crippen LogP contribution in [0, 0.1) is 6.92 Å². The van der Waals surface area contributed by atoms with E-state index in [9.17, 15) is 4.79 Å². The Labute approximate surface area is 145 Å². The van der Waals surface area contributed by atoms with Crippen LogP contribution in [0.5, 0.6) is 0 Å². The van der Waals surface area contributed by atoms with Crippen molar-refractivity contribution >= 4 is 17.2 Å². The lowest BCUT2D eigenvalue weighted by molar-refractivity contribution is 0.0940. The lowest BCUT2D eigenvalue weighted by atomic mass is 10.1. The van der Waals surface area contributed by atoms with Crippen LogP contribution in [0.3, 0.4) is 0 Å². The van der Waals surface area contributed by atoms with Gasteiger partial charge in [-0.25, -0.2) is 9.67 Å². The Bertz CT molecular complexity index is 839. The molecule has 5 nitrogen and oxygen atoms in total. The third kappa shape index (κ3) is 3.71. The van der Waals surface area contributed by atoms with Crippen LogP contribution in [0.2, 0.25) is 0 Å². The van der Waals surface area contributed by atoms with Crippen LogP contribution in [0.4, 0.5) is 0 Å². The molecule has 1 amide bonds. The zero-order chi connectivity index (χ0) is 17.1. The lowest BCUT2D eigenvalue weighted by Gasteiger charge is -2.13. The fraction of sp³-hybridized carbons (Fsp3) is 0.278. The molecule has 24 heavy (non-hydrogen) atoms. The molecule has 6 heteroatoms. The Kier molecular flexibility index (Phi) is 4.76. The van der Waals surface area contributed by atoms with Crippen molar-refractivity contribution in [2.24, 2.45) is 7.05 Å². The molecule has 0 unspecified atom stereocenters. The van der Waals surface area contributed by atoms with Crippen molar-refractivity contribution in [3.8, 4) is 11.4 Å². The summed E-state index contributed by atoms with van der Waals surface area (Å²) in [5, 5.41) is 9.37. The van der Waals surface area contributed by atoms with Crippen LogP contribution in [-0.2, 0) is 13.5 Å². The second kappa shape index (κ2) is 6.97. The maximum Gasteiger partial charge on any atom is 0.251 e. The minimum Gasteiger partial charge on any atom is -0.349 e. The summed E-state index contributed by atoms with van der Waals surface area (Å²) >= 11 is 1.71. The number of amides is 1. The highest BCUT2D eigenvalue weighted by Gasteiger charge is 2.13. The van der Waals surface area contributed by atoms with Gasteiger partial charge in [-0.1, -0.05) is 18.2 Å². The fourth-order valence-corrected chi connectivity index (χ4v) is 3.49. The largest absolute Gasteiger partial charge is 0.349 e. The monoisotopic (exact) mass is 340 g/mol. The molecule has 0 bridgehead atoms. The van der Waals surface area contributed by atoms with Gasteiger partial charge in [-0.15, -0.1) is 11.3 Å². The zero-order valence-corrected chi connectivity index (χ0v) is 14.8. The van der Waals surface area contributed by atoms with Gasteiger partial charge in [0.2, 0.25) is 0 Å². The maximum atomic E-state index is 12.5. The van der Waals surface area contributed by atoms with Crippen molar-refractivity contribution in [3.63, 3.8) is 0 Å². The number of carbonyl (C=O) groups is 1. The molecule has 1 aromatic carbocycles. The molecule has 1 atom stereocenters. The number of aromatic nitrogens is 3. The van der Waals surface area contributed by atoms with Gasteiger partial charge in [0.15, 0.2) is 5.82 Å². The summed E-state index contributed by atoms with van der Waals surface area (Å²) in [7, 11) is 1.85. The van der Waals surface area contributed by atoms with Crippen molar-refractivity contribution in [1.82, 2.24) is 20.1 Å². The number of nitrogens with one attached hydrogen (secondary N) is 1. The first-order valence-corrected chi connectivity index (χ1v) is 8.72. The topological polar surface area (TPSA) is 59.8 Å². The molecule has 124 valence electrons. The molecule has 0 spiro atoms. The molecule has 0 saturated heterocycles. The number of hydrogen-bond donors (Lipinski definition) is 1. The molecule has 0 radical (unpaired) electrons. The van der Waals surface area contributed by atoms with Crippen LogP contribution >= 0.6 is 11.3 Å². The Morgan fingerprint density at radius 2 is 2.17 bits per heavy atom. The molecule has 0 aliphatic heterocycles. The fourth-order valence-electron chi connectivity index (χ4n) is 2.65. The molecule has 0 saturated carbocycles. The predicted octanol–water partition coefficient (Wildman–Crippen LogP) is 3.21. The quantitative estimate of drug-likeness (QED) is 0.776. The summed E-state index contributed by atoms with van der Waals surface area (Å²) in [5.41, 5.74) is 1.52. The molecule has 0 fully saturated rings. The Morgan fingerprint density at radius 1 is 1.33 bits per heavy atom.